The number of ether oxygens (including phenoxy) is 10. The Balaban J connectivity index is 1.24. The highest BCUT2D eigenvalue weighted by atomic mass is 16.7. The van der Waals surface area contributed by atoms with Gasteiger partial charge in [-0.25, -0.2) is 19.2 Å². The van der Waals surface area contributed by atoms with Gasteiger partial charge in [-0.1, -0.05) is 98.8 Å². The van der Waals surface area contributed by atoms with Crippen LogP contribution in [0.15, 0.2) is 133 Å². The third-order valence-corrected chi connectivity index (χ3v) is 11.7. The van der Waals surface area contributed by atoms with Crippen molar-refractivity contribution in [2.45, 2.75) is 76.2 Å². The smallest absolute Gasteiger partial charge is 0.338 e. The summed E-state index contributed by atoms with van der Waals surface area (Å²) < 4.78 is 61.1. The molecule has 1 saturated carbocycles. The highest BCUT2D eigenvalue weighted by Gasteiger charge is 2.55. The molecule has 3 fully saturated rings. The SMILES string of the molecule is COCOC[C@H]1CC2(CC(C)(C)[C@@H]1/C=C/C(C)O[C@@H]1O[C@H](COC(=O)c3ccccc3)[C@@H](OC(=O)c3ccccc3)[C@H](OC(=O)c3ccccc3)[C@H]1OC(=O)c1ccccc1)OCCO2. The number of carbonyl (C=O) groups excluding carboxylic acids is 4. The summed E-state index contributed by atoms with van der Waals surface area (Å²) in [7, 11) is 1.57. The van der Waals surface area contributed by atoms with E-state index in [1.54, 1.807) is 135 Å². The minimum absolute atomic E-state index is 0.0218. The highest BCUT2D eigenvalue weighted by Crippen LogP contribution is 2.52. The number of allylic oxidation sites excluding steroid dienone is 1. The van der Waals surface area contributed by atoms with Crippen molar-refractivity contribution in [1.82, 2.24) is 0 Å². The Morgan fingerprint density at radius 1 is 0.662 bits per heavy atom. The molecule has 2 heterocycles. The molecule has 2 saturated heterocycles. The van der Waals surface area contributed by atoms with Crippen molar-refractivity contribution in [2.75, 3.05) is 40.3 Å². The lowest BCUT2D eigenvalue weighted by atomic mass is 9.61. The summed E-state index contributed by atoms with van der Waals surface area (Å²) in [5.41, 5.74) is 0.510. The molecule has 1 aliphatic carbocycles. The monoisotopic (exact) mass is 892 g/mol. The van der Waals surface area contributed by atoms with Crippen LogP contribution in [0.2, 0.25) is 0 Å². The average molecular weight is 893 g/mol. The Kier molecular flexibility index (Phi) is 16.0. The molecule has 0 N–H and O–H groups in total. The third kappa shape index (κ3) is 12.1. The first kappa shape index (κ1) is 47.2. The van der Waals surface area contributed by atoms with Crippen LogP contribution in [0.5, 0.6) is 0 Å². The summed E-state index contributed by atoms with van der Waals surface area (Å²) in [5, 5.41) is 0. The van der Waals surface area contributed by atoms with Crippen LogP contribution < -0.4 is 0 Å². The van der Waals surface area contributed by atoms with Gasteiger partial charge < -0.3 is 47.4 Å². The van der Waals surface area contributed by atoms with Crippen LogP contribution in [0.3, 0.4) is 0 Å². The topological polar surface area (TPSA) is 161 Å². The second-order valence-corrected chi connectivity index (χ2v) is 17.0. The van der Waals surface area contributed by atoms with E-state index in [0.29, 0.717) is 32.7 Å². The zero-order valence-electron chi connectivity index (χ0n) is 37.0. The van der Waals surface area contributed by atoms with E-state index < -0.39 is 73.1 Å². The molecular formula is C51H56O14. The molecule has 8 atom stereocenters. The number of hydrogen-bond donors (Lipinski definition) is 0. The van der Waals surface area contributed by atoms with Crippen molar-refractivity contribution in [2.24, 2.45) is 17.3 Å². The van der Waals surface area contributed by atoms with Gasteiger partial charge in [-0.2, -0.15) is 0 Å². The lowest BCUT2D eigenvalue weighted by Gasteiger charge is -2.49. The minimum Gasteiger partial charge on any atom is -0.459 e. The molecule has 4 aromatic carbocycles. The van der Waals surface area contributed by atoms with Gasteiger partial charge in [-0.05, 0) is 72.7 Å². The van der Waals surface area contributed by atoms with Crippen molar-refractivity contribution in [1.29, 1.82) is 0 Å². The number of carbonyl (C=O) groups is 4. The zero-order valence-corrected chi connectivity index (χ0v) is 37.0. The maximum atomic E-state index is 14.0. The fourth-order valence-electron chi connectivity index (χ4n) is 8.80. The molecule has 14 heteroatoms. The first-order valence-electron chi connectivity index (χ1n) is 21.8. The largest absolute Gasteiger partial charge is 0.459 e. The summed E-state index contributed by atoms with van der Waals surface area (Å²) in [5.74, 6) is -3.83. The average Bonchev–Trinajstić information content (AvgIpc) is 3.77. The van der Waals surface area contributed by atoms with E-state index in [0.717, 1.165) is 0 Å². The first-order chi connectivity index (χ1) is 31.4. The van der Waals surface area contributed by atoms with Crippen molar-refractivity contribution < 1.29 is 66.5 Å². The Labute approximate surface area is 379 Å². The van der Waals surface area contributed by atoms with Crippen LogP contribution in [0, 0.1) is 17.3 Å². The lowest BCUT2D eigenvalue weighted by molar-refractivity contribution is -0.303. The zero-order chi connectivity index (χ0) is 45.8. The van der Waals surface area contributed by atoms with Crippen LogP contribution in [0.25, 0.3) is 0 Å². The van der Waals surface area contributed by atoms with Crippen LogP contribution in [0.4, 0.5) is 0 Å². The summed E-state index contributed by atoms with van der Waals surface area (Å²) in [6.45, 7) is 7.20. The second-order valence-electron chi connectivity index (χ2n) is 17.0. The molecule has 0 radical (unpaired) electrons. The van der Waals surface area contributed by atoms with Crippen LogP contribution in [-0.2, 0) is 47.4 Å². The van der Waals surface area contributed by atoms with Crippen molar-refractivity contribution in [3.8, 4) is 0 Å². The molecule has 0 amide bonds. The molecule has 65 heavy (non-hydrogen) atoms. The molecule has 0 bridgehead atoms. The fraction of sp³-hybridized carbons (Fsp3) is 0.412. The van der Waals surface area contributed by atoms with E-state index >= 15 is 0 Å². The molecule has 7 rings (SSSR count). The number of rotatable bonds is 17. The van der Waals surface area contributed by atoms with Gasteiger partial charge in [0.25, 0.3) is 0 Å². The highest BCUT2D eigenvalue weighted by molar-refractivity contribution is 5.91. The third-order valence-electron chi connectivity index (χ3n) is 11.7. The van der Waals surface area contributed by atoms with Gasteiger partial charge in [-0.15, -0.1) is 0 Å². The molecule has 2 aliphatic heterocycles. The van der Waals surface area contributed by atoms with E-state index in [1.807, 2.05) is 6.08 Å². The van der Waals surface area contributed by atoms with Gasteiger partial charge in [0, 0.05) is 20.0 Å². The van der Waals surface area contributed by atoms with E-state index in [4.69, 9.17) is 47.4 Å². The molecule has 344 valence electrons. The first-order valence-corrected chi connectivity index (χ1v) is 21.8. The normalized spacial score (nSPS) is 25.1. The number of benzene rings is 4. The van der Waals surface area contributed by atoms with E-state index in [9.17, 15) is 19.2 Å². The second kappa shape index (κ2) is 22.0. The molecule has 4 aromatic rings. The summed E-state index contributed by atoms with van der Waals surface area (Å²) in [6, 6.07) is 33.0. The quantitative estimate of drug-likeness (QED) is 0.0335. The number of hydrogen-bond acceptors (Lipinski definition) is 14. The Bertz CT molecular complexity index is 2190. The van der Waals surface area contributed by atoms with E-state index in [-0.39, 0.29) is 46.3 Å². The van der Waals surface area contributed by atoms with E-state index in [1.165, 1.54) is 0 Å². The molecule has 1 spiro atoms. The van der Waals surface area contributed by atoms with Crippen LogP contribution in [-0.4, -0.2) is 107 Å². The number of methoxy groups -OCH3 is 1. The predicted octanol–water partition coefficient (Wildman–Crippen LogP) is 7.62. The summed E-state index contributed by atoms with van der Waals surface area (Å²) in [4.78, 5) is 55.3. The van der Waals surface area contributed by atoms with Gasteiger partial charge in [-0.3, -0.25) is 0 Å². The van der Waals surface area contributed by atoms with Crippen molar-refractivity contribution >= 4 is 23.9 Å². The molecular weight excluding hydrogens is 837 g/mol. The van der Waals surface area contributed by atoms with Crippen molar-refractivity contribution in [3.63, 3.8) is 0 Å². The Morgan fingerprint density at radius 3 is 1.65 bits per heavy atom. The van der Waals surface area contributed by atoms with Gasteiger partial charge in [0.05, 0.1) is 48.2 Å². The standard InChI is InChI=1S/C51H56O14/c1-34(25-26-40-39(30-57-33-56-4)29-51(32-50(40,2)3)59-27-28-60-51)61-49-44(65-48(55)38-23-15-8-16-24-38)43(64-47(54)37-21-13-7-14-22-37)42(63-46(53)36-19-11-6-12-20-36)41(62-49)31-58-45(52)35-17-9-5-10-18-35/h5-26,34,39-44,49H,27-33H2,1-4H3/b26-25+/t34?,39-,40-,41-,42-,43+,44-,49-/m1/s1. The Morgan fingerprint density at radius 2 is 1.14 bits per heavy atom. The minimum atomic E-state index is -1.56. The number of esters is 4. The van der Waals surface area contributed by atoms with Gasteiger partial charge in [0.15, 0.2) is 30.4 Å². The lowest BCUT2D eigenvalue weighted by Crippen LogP contribution is -2.63. The maximum absolute atomic E-state index is 14.0. The fourth-order valence-corrected chi connectivity index (χ4v) is 8.80. The summed E-state index contributed by atoms with van der Waals surface area (Å²) >= 11 is 0. The molecule has 3 aliphatic rings. The Hall–Kier alpha value is -5.74. The van der Waals surface area contributed by atoms with Gasteiger partial charge in [0.2, 0.25) is 0 Å². The predicted molar refractivity (Wildman–Crippen MR) is 234 cm³/mol. The van der Waals surface area contributed by atoms with Crippen molar-refractivity contribution in [3.05, 3.63) is 156 Å². The van der Waals surface area contributed by atoms with Gasteiger partial charge in [0.1, 0.15) is 19.5 Å². The van der Waals surface area contributed by atoms with Crippen LogP contribution >= 0.6 is 0 Å². The maximum Gasteiger partial charge on any atom is 0.338 e. The van der Waals surface area contributed by atoms with Gasteiger partial charge >= 0.3 is 23.9 Å². The molecule has 1 unspecified atom stereocenters. The molecule has 14 nitrogen and oxygen atoms in total. The van der Waals surface area contributed by atoms with Crippen LogP contribution in [0.1, 0.15) is 75.0 Å². The summed E-state index contributed by atoms with van der Waals surface area (Å²) in [6.07, 6.45) is -2.85. The van der Waals surface area contributed by atoms with E-state index in [2.05, 4.69) is 19.9 Å². The molecule has 0 aromatic heterocycles.